The van der Waals surface area contributed by atoms with Crippen LogP contribution in [0, 0.1) is 0 Å². The lowest BCUT2D eigenvalue weighted by molar-refractivity contribution is 0.247. The van der Waals surface area contributed by atoms with Crippen molar-refractivity contribution in [3.63, 3.8) is 0 Å². The molecule has 0 saturated heterocycles. The minimum atomic E-state index is -0.386. The molecular formula is C8H23NOSi2. The highest BCUT2D eigenvalue weighted by Gasteiger charge is 2.16. The minimum absolute atomic E-state index is 0.386. The first-order valence-electron chi connectivity index (χ1n) is 4.91. The third kappa shape index (κ3) is 3.84. The van der Waals surface area contributed by atoms with Crippen LogP contribution in [0.15, 0.2) is 0 Å². The van der Waals surface area contributed by atoms with Gasteiger partial charge in [-0.2, -0.15) is 0 Å². The quantitative estimate of drug-likeness (QED) is 0.574. The van der Waals surface area contributed by atoms with Gasteiger partial charge in [0.25, 0.3) is 0 Å². The maximum absolute atomic E-state index is 5.45. The van der Waals surface area contributed by atoms with Gasteiger partial charge in [0.15, 0.2) is 0 Å². The molecule has 2 nitrogen and oxygen atoms in total. The first kappa shape index (κ1) is 12.4. The van der Waals surface area contributed by atoms with Crippen molar-refractivity contribution in [1.82, 2.24) is 4.57 Å². The van der Waals surface area contributed by atoms with Crippen molar-refractivity contribution in [2.75, 3.05) is 0 Å². The molecule has 0 heterocycles. The Bertz CT molecular complexity index is 103. The molecule has 0 aromatic carbocycles. The smallest absolute Gasteiger partial charge is 0.227 e. The van der Waals surface area contributed by atoms with Gasteiger partial charge in [-0.15, -0.1) is 0 Å². The second-order valence-corrected chi connectivity index (χ2v) is 6.74. The van der Waals surface area contributed by atoms with Crippen LogP contribution in [0.5, 0.6) is 0 Å². The summed E-state index contributed by atoms with van der Waals surface area (Å²) in [7, 11) is 0.518. The second kappa shape index (κ2) is 6.83. The van der Waals surface area contributed by atoms with Gasteiger partial charge in [-0.25, -0.2) is 0 Å². The monoisotopic (exact) mass is 205 g/mol. The van der Waals surface area contributed by atoms with Crippen molar-refractivity contribution in [1.29, 1.82) is 0 Å². The molecule has 0 aliphatic rings. The van der Waals surface area contributed by atoms with Crippen LogP contribution in [0.2, 0.25) is 0 Å². The molecule has 2 unspecified atom stereocenters. The third-order valence-corrected chi connectivity index (χ3v) is 5.17. The average Bonchev–Trinajstić information content (AvgIpc) is 2.11. The molecule has 0 aliphatic carbocycles. The third-order valence-electron chi connectivity index (χ3n) is 2.59. The Morgan fingerprint density at radius 2 is 1.67 bits per heavy atom. The first-order chi connectivity index (χ1) is 5.67. The summed E-state index contributed by atoms with van der Waals surface area (Å²) in [5.74, 6) is 0. The molecule has 0 N–H and O–H groups in total. The Balaban J connectivity index is 4.01. The molecule has 4 heteroatoms. The van der Waals surface area contributed by atoms with E-state index in [4.69, 9.17) is 4.12 Å². The number of hydrogen-bond donors (Lipinski definition) is 0. The molecule has 0 spiro atoms. The zero-order chi connectivity index (χ0) is 9.56. The topological polar surface area (TPSA) is 12.5 Å². The van der Waals surface area contributed by atoms with Gasteiger partial charge in [-0.1, -0.05) is 27.7 Å². The fourth-order valence-corrected chi connectivity index (χ4v) is 3.52. The summed E-state index contributed by atoms with van der Waals surface area (Å²) in [6, 6.07) is 1.42. The largest absolute Gasteiger partial charge is 0.457 e. The van der Waals surface area contributed by atoms with Crippen molar-refractivity contribution in [3.8, 4) is 0 Å². The van der Waals surface area contributed by atoms with Crippen LogP contribution in [0.1, 0.15) is 40.5 Å². The Labute approximate surface area is 82.2 Å². The summed E-state index contributed by atoms with van der Waals surface area (Å²) >= 11 is 0. The van der Waals surface area contributed by atoms with Gasteiger partial charge in [0, 0.05) is 12.1 Å². The fourth-order valence-electron chi connectivity index (χ4n) is 1.31. The molecule has 0 bridgehead atoms. The van der Waals surface area contributed by atoms with Crippen LogP contribution in [0.4, 0.5) is 0 Å². The van der Waals surface area contributed by atoms with Crippen LogP contribution >= 0.6 is 0 Å². The van der Waals surface area contributed by atoms with Gasteiger partial charge in [0.05, 0.1) is 0 Å². The number of rotatable bonds is 6. The minimum Gasteiger partial charge on any atom is -0.457 e. The molecule has 0 fully saturated rings. The summed E-state index contributed by atoms with van der Waals surface area (Å²) in [6.07, 6.45) is 2.48. The van der Waals surface area contributed by atoms with Gasteiger partial charge in [0.1, 0.15) is 10.5 Å². The Kier molecular flexibility index (Phi) is 7.03. The van der Waals surface area contributed by atoms with Gasteiger partial charge >= 0.3 is 0 Å². The molecule has 0 amide bonds. The van der Waals surface area contributed by atoms with Crippen molar-refractivity contribution in [2.45, 2.75) is 52.6 Å². The lowest BCUT2D eigenvalue weighted by Crippen LogP contribution is -2.43. The SMILES string of the molecule is CCC(C)N([SiH2]O[SiH3])C(C)CC. The highest BCUT2D eigenvalue weighted by Crippen LogP contribution is 2.09. The number of hydrogen-bond acceptors (Lipinski definition) is 2. The van der Waals surface area contributed by atoms with Crippen molar-refractivity contribution < 1.29 is 4.12 Å². The molecule has 0 saturated carbocycles. The van der Waals surface area contributed by atoms with E-state index in [0.717, 1.165) is 10.5 Å². The van der Waals surface area contributed by atoms with Crippen LogP contribution in [0.25, 0.3) is 0 Å². The van der Waals surface area contributed by atoms with E-state index in [9.17, 15) is 0 Å². The molecule has 0 radical (unpaired) electrons. The summed E-state index contributed by atoms with van der Waals surface area (Å²) < 4.78 is 8.03. The fraction of sp³-hybridized carbons (Fsp3) is 1.00. The van der Waals surface area contributed by atoms with Gasteiger partial charge in [0.2, 0.25) is 9.92 Å². The maximum atomic E-state index is 5.45. The Morgan fingerprint density at radius 3 is 1.92 bits per heavy atom. The number of nitrogens with zero attached hydrogens (tertiary/aromatic N) is 1. The van der Waals surface area contributed by atoms with Crippen molar-refractivity contribution in [2.24, 2.45) is 0 Å². The summed E-state index contributed by atoms with van der Waals surface area (Å²) in [5, 5.41) is 0. The van der Waals surface area contributed by atoms with Gasteiger partial charge in [-0.05, 0) is 12.8 Å². The molecular weight excluding hydrogens is 182 g/mol. The second-order valence-electron chi connectivity index (χ2n) is 3.45. The van der Waals surface area contributed by atoms with E-state index in [-0.39, 0.29) is 9.92 Å². The molecule has 0 aliphatic heterocycles. The highest BCUT2D eigenvalue weighted by atomic mass is 28.3. The predicted octanol–water partition coefficient (Wildman–Crippen LogP) is 0.181. The average molecular weight is 205 g/mol. The van der Waals surface area contributed by atoms with Gasteiger partial charge in [-0.3, -0.25) is 0 Å². The zero-order valence-electron chi connectivity index (χ0n) is 9.13. The normalized spacial score (nSPS) is 17.8. The molecule has 0 aromatic heterocycles. The molecule has 2 atom stereocenters. The maximum Gasteiger partial charge on any atom is 0.227 e. The standard InChI is InChI=1S/C8H23NOSi2/c1-5-7(3)9(12-10-11)8(4)6-2/h7-8H,5-6,12H2,1-4,11H3. The predicted molar refractivity (Wildman–Crippen MR) is 60.9 cm³/mol. The van der Waals surface area contributed by atoms with E-state index in [1.54, 1.807) is 0 Å². The summed E-state index contributed by atoms with van der Waals surface area (Å²) in [6.45, 7) is 9.11. The van der Waals surface area contributed by atoms with Crippen molar-refractivity contribution >= 4 is 20.4 Å². The van der Waals surface area contributed by atoms with E-state index in [0.29, 0.717) is 12.1 Å². The van der Waals surface area contributed by atoms with Crippen LogP contribution in [-0.4, -0.2) is 37.1 Å². The van der Waals surface area contributed by atoms with Crippen LogP contribution in [-0.2, 0) is 4.12 Å². The van der Waals surface area contributed by atoms with Crippen LogP contribution in [0.3, 0.4) is 0 Å². The Hall–Kier alpha value is 0.354. The lowest BCUT2D eigenvalue weighted by atomic mass is 10.2. The Morgan fingerprint density at radius 1 is 1.25 bits per heavy atom. The van der Waals surface area contributed by atoms with E-state index in [1.165, 1.54) is 12.8 Å². The molecule has 0 aromatic rings. The summed E-state index contributed by atoms with van der Waals surface area (Å²) in [4.78, 5) is 0. The van der Waals surface area contributed by atoms with E-state index in [2.05, 4.69) is 32.3 Å². The zero-order valence-corrected chi connectivity index (χ0v) is 12.5. The van der Waals surface area contributed by atoms with Crippen LogP contribution < -0.4 is 0 Å². The van der Waals surface area contributed by atoms with Gasteiger partial charge < -0.3 is 8.68 Å². The van der Waals surface area contributed by atoms with Crippen molar-refractivity contribution in [3.05, 3.63) is 0 Å². The first-order valence-corrected chi connectivity index (χ1v) is 6.94. The van der Waals surface area contributed by atoms with E-state index in [1.807, 2.05) is 0 Å². The van der Waals surface area contributed by atoms with E-state index < -0.39 is 0 Å². The lowest BCUT2D eigenvalue weighted by Gasteiger charge is -2.32. The molecule has 12 heavy (non-hydrogen) atoms. The highest BCUT2D eigenvalue weighted by molar-refractivity contribution is 6.31. The summed E-state index contributed by atoms with van der Waals surface area (Å²) in [5.41, 5.74) is 0. The molecule has 0 rings (SSSR count). The molecule has 74 valence electrons. The van der Waals surface area contributed by atoms with E-state index >= 15 is 0 Å².